The summed E-state index contributed by atoms with van der Waals surface area (Å²) in [6.07, 6.45) is -3.31. The summed E-state index contributed by atoms with van der Waals surface area (Å²) >= 11 is 0. The largest absolute Gasteiger partial charge is 0.443 e. The van der Waals surface area contributed by atoms with Crippen LogP contribution in [0, 0.1) is 0 Å². The number of oxazole rings is 1. The summed E-state index contributed by atoms with van der Waals surface area (Å²) in [4.78, 5) is 14.0. The number of hydrogen-bond acceptors (Lipinski definition) is 3. The van der Waals surface area contributed by atoms with Gasteiger partial charge in [0.15, 0.2) is 12.0 Å². The summed E-state index contributed by atoms with van der Waals surface area (Å²) in [5.74, 6) is 0. The van der Waals surface area contributed by atoms with Gasteiger partial charge in [0.25, 0.3) is 0 Å². The van der Waals surface area contributed by atoms with Gasteiger partial charge in [0.1, 0.15) is 17.4 Å². The van der Waals surface area contributed by atoms with Gasteiger partial charge in [0, 0.05) is 5.56 Å². The number of carbonyl (C=O) groups excluding carboxylic acids is 1. The number of aldehydes is 1. The zero-order valence-corrected chi connectivity index (χ0v) is 7.21. The standard InChI is InChI=1S/C9H4F3NO2/c10-9(11,12)6-1-5(3-14)2-7-8(6)15-4-13-7/h1-4H. The number of nitrogens with zero attached hydrogens (tertiary/aromatic N) is 1. The molecule has 1 aromatic heterocycles. The van der Waals surface area contributed by atoms with E-state index in [1.807, 2.05) is 0 Å². The lowest BCUT2D eigenvalue weighted by molar-refractivity contribution is -0.136. The molecule has 6 heteroatoms. The molecule has 2 aromatic rings. The molecule has 0 unspecified atom stereocenters. The van der Waals surface area contributed by atoms with Crippen molar-refractivity contribution in [1.82, 2.24) is 4.98 Å². The molecule has 0 radical (unpaired) electrons. The molecule has 3 nitrogen and oxygen atoms in total. The minimum absolute atomic E-state index is 0.0203. The molecular weight excluding hydrogens is 211 g/mol. The van der Waals surface area contributed by atoms with E-state index in [9.17, 15) is 18.0 Å². The average Bonchev–Trinajstić information content (AvgIpc) is 2.61. The fourth-order valence-corrected chi connectivity index (χ4v) is 1.27. The Hall–Kier alpha value is -1.85. The van der Waals surface area contributed by atoms with Gasteiger partial charge < -0.3 is 4.42 Å². The lowest BCUT2D eigenvalue weighted by Gasteiger charge is -2.06. The Balaban J connectivity index is 2.80. The fourth-order valence-electron chi connectivity index (χ4n) is 1.27. The molecule has 0 aliphatic carbocycles. The van der Waals surface area contributed by atoms with Crippen LogP contribution in [0.25, 0.3) is 11.1 Å². The van der Waals surface area contributed by atoms with Crippen molar-refractivity contribution in [3.05, 3.63) is 29.7 Å². The third-order valence-electron chi connectivity index (χ3n) is 1.90. The number of halogens is 3. The Labute approximate surface area is 81.5 Å². The van der Waals surface area contributed by atoms with Crippen molar-refractivity contribution in [3.63, 3.8) is 0 Å². The fraction of sp³-hybridized carbons (Fsp3) is 0.111. The van der Waals surface area contributed by atoms with Crippen molar-refractivity contribution in [2.75, 3.05) is 0 Å². The van der Waals surface area contributed by atoms with E-state index in [0.29, 0.717) is 6.29 Å². The maximum absolute atomic E-state index is 12.5. The van der Waals surface area contributed by atoms with E-state index < -0.39 is 11.7 Å². The van der Waals surface area contributed by atoms with Gasteiger partial charge in [-0.1, -0.05) is 0 Å². The maximum atomic E-state index is 12.5. The molecule has 0 saturated heterocycles. The molecule has 0 saturated carbocycles. The van der Waals surface area contributed by atoms with Crippen LogP contribution in [-0.4, -0.2) is 11.3 Å². The molecule has 2 rings (SSSR count). The lowest BCUT2D eigenvalue weighted by atomic mass is 10.1. The Morgan fingerprint density at radius 1 is 1.33 bits per heavy atom. The highest BCUT2D eigenvalue weighted by Crippen LogP contribution is 2.35. The third kappa shape index (κ3) is 1.58. The predicted molar refractivity (Wildman–Crippen MR) is 44.4 cm³/mol. The van der Waals surface area contributed by atoms with Gasteiger partial charge >= 0.3 is 6.18 Å². The van der Waals surface area contributed by atoms with E-state index in [1.165, 1.54) is 6.07 Å². The SMILES string of the molecule is O=Cc1cc(C(F)(F)F)c2ocnc2c1. The monoisotopic (exact) mass is 215 g/mol. The first-order valence-electron chi connectivity index (χ1n) is 3.92. The zero-order chi connectivity index (χ0) is 11.1. The molecule has 78 valence electrons. The average molecular weight is 215 g/mol. The van der Waals surface area contributed by atoms with Crippen LogP contribution >= 0.6 is 0 Å². The second-order valence-electron chi connectivity index (χ2n) is 2.88. The number of aromatic nitrogens is 1. The van der Waals surface area contributed by atoms with Crippen molar-refractivity contribution in [3.8, 4) is 0 Å². The van der Waals surface area contributed by atoms with Crippen molar-refractivity contribution in [1.29, 1.82) is 0 Å². The summed E-state index contributed by atoms with van der Waals surface area (Å²) in [5, 5.41) is 0. The summed E-state index contributed by atoms with van der Waals surface area (Å²) in [5.41, 5.74) is -1.40. The number of hydrogen-bond donors (Lipinski definition) is 0. The van der Waals surface area contributed by atoms with Crippen LogP contribution < -0.4 is 0 Å². The first-order valence-corrected chi connectivity index (χ1v) is 3.92. The minimum Gasteiger partial charge on any atom is -0.443 e. The van der Waals surface area contributed by atoms with E-state index in [1.54, 1.807) is 0 Å². The summed E-state index contributed by atoms with van der Waals surface area (Å²) in [6.45, 7) is 0. The van der Waals surface area contributed by atoms with Crippen LogP contribution in [0.1, 0.15) is 15.9 Å². The Bertz CT molecular complexity index is 516. The summed E-state index contributed by atoms with van der Waals surface area (Å²) < 4.78 is 42.2. The first kappa shape index (κ1) is 9.70. The Morgan fingerprint density at radius 2 is 2.07 bits per heavy atom. The number of fused-ring (bicyclic) bond motifs is 1. The summed E-state index contributed by atoms with van der Waals surface area (Å²) in [7, 11) is 0. The maximum Gasteiger partial charge on any atom is 0.420 e. The van der Waals surface area contributed by atoms with Gasteiger partial charge in [-0.3, -0.25) is 4.79 Å². The van der Waals surface area contributed by atoms with Crippen molar-refractivity contribution in [2.24, 2.45) is 0 Å². The highest BCUT2D eigenvalue weighted by molar-refractivity contribution is 5.86. The van der Waals surface area contributed by atoms with Gasteiger partial charge in [-0.2, -0.15) is 13.2 Å². The molecular formula is C9H4F3NO2. The molecule has 0 spiro atoms. The molecule has 1 aromatic carbocycles. The second kappa shape index (κ2) is 3.08. The second-order valence-corrected chi connectivity index (χ2v) is 2.88. The van der Waals surface area contributed by atoms with Gasteiger partial charge in [-0.25, -0.2) is 4.98 Å². The number of benzene rings is 1. The van der Waals surface area contributed by atoms with Gasteiger partial charge in [0.05, 0.1) is 0 Å². The molecule has 0 atom stereocenters. The van der Waals surface area contributed by atoms with Crippen LogP contribution in [0.2, 0.25) is 0 Å². The molecule has 0 bridgehead atoms. The van der Waals surface area contributed by atoms with Crippen molar-refractivity contribution in [2.45, 2.75) is 6.18 Å². The van der Waals surface area contributed by atoms with Crippen molar-refractivity contribution < 1.29 is 22.4 Å². The molecule has 1 heterocycles. The number of alkyl halides is 3. The Morgan fingerprint density at radius 3 is 2.67 bits per heavy atom. The normalized spacial score (nSPS) is 11.9. The molecule has 0 aliphatic heterocycles. The Kier molecular flexibility index (Phi) is 1.99. The molecule has 0 fully saturated rings. The topological polar surface area (TPSA) is 43.1 Å². The quantitative estimate of drug-likeness (QED) is 0.687. The van der Waals surface area contributed by atoms with Crippen LogP contribution in [0.3, 0.4) is 0 Å². The van der Waals surface area contributed by atoms with Crippen LogP contribution in [0.5, 0.6) is 0 Å². The zero-order valence-electron chi connectivity index (χ0n) is 7.21. The molecule has 0 amide bonds. The van der Waals surface area contributed by atoms with Crippen LogP contribution in [0.4, 0.5) is 13.2 Å². The highest BCUT2D eigenvalue weighted by Gasteiger charge is 2.34. The predicted octanol–water partition coefficient (Wildman–Crippen LogP) is 2.66. The number of carbonyl (C=O) groups is 1. The van der Waals surface area contributed by atoms with Gasteiger partial charge in [-0.15, -0.1) is 0 Å². The lowest BCUT2D eigenvalue weighted by Crippen LogP contribution is -2.06. The molecule has 0 N–H and O–H groups in total. The molecule has 15 heavy (non-hydrogen) atoms. The van der Waals surface area contributed by atoms with Crippen molar-refractivity contribution >= 4 is 17.4 Å². The van der Waals surface area contributed by atoms with Gasteiger partial charge in [-0.05, 0) is 12.1 Å². The molecule has 0 aliphatic rings. The smallest absolute Gasteiger partial charge is 0.420 e. The third-order valence-corrected chi connectivity index (χ3v) is 1.90. The minimum atomic E-state index is -4.56. The van der Waals surface area contributed by atoms with E-state index in [4.69, 9.17) is 0 Å². The van der Waals surface area contributed by atoms with E-state index in [2.05, 4.69) is 9.40 Å². The highest BCUT2D eigenvalue weighted by atomic mass is 19.4. The van der Waals surface area contributed by atoms with E-state index in [0.717, 1.165) is 12.5 Å². The first-order chi connectivity index (χ1) is 7.02. The van der Waals surface area contributed by atoms with Crippen LogP contribution in [-0.2, 0) is 6.18 Å². The van der Waals surface area contributed by atoms with E-state index >= 15 is 0 Å². The number of rotatable bonds is 1. The van der Waals surface area contributed by atoms with E-state index in [-0.39, 0.29) is 16.7 Å². The van der Waals surface area contributed by atoms with Crippen LogP contribution in [0.15, 0.2) is 22.9 Å². The summed E-state index contributed by atoms with van der Waals surface area (Å²) in [6, 6.07) is 1.97. The van der Waals surface area contributed by atoms with Gasteiger partial charge in [0.2, 0.25) is 0 Å².